The van der Waals surface area contributed by atoms with E-state index >= 15 is 0 Å². The molecule has 1 N–H and O–H groups in total. The molecule has 0 aliphatic carbocycles. The first-order valence-corrected chi connectivity index (χ1v) is 11.6. The highest BCUT2D eigenvalue weighted by molar-refractivity contribution is 7.99. The SMILES string of the molecule is COC(=O)c1ccc(NC(=O)CSc2nc3ccsc3c(=O)n2-c2cccc(Cl)c2)cc1. The maximum absolute atomic E-state index is 13.1. The van der Waals surface area contributed by atoms with Crippen molar-refractivity contribution in [3.63, 3.8) is 0 Å². The second kappa shape index (κ2) is 9.56. The van der Waals surface area contributed by atoms with Gasteiger partial charge in [-0.05, 0) is 53.9 Å². The summed E-state index contributed by atoms with van der Waals surface area (Å²) < 4.78 is 6.66. The van der Waals surface area contributed by atoms with Crippen molar-refractivity contribution in [3.8, 4) is 5.69 Å². The zero-order valence-electron chi connectivity index (χ0n) is 16.7. The van der Waals surface area contributed by atoms with E-state index in [1.807, 2.05) is 0 Å². The van der Waals surface area contributed by atoms with Crippen LogP contribution in [0.3, 0.4) is 0 Å². The number of carbonyl (C=O) groups is 2. The summed E-state index contributed by atoms with van der Waals surface area (Å²) in [4.78, 5) is 41.7. The lowest BCUT2D eigenvalue weighted by atomic mass is 10.2. The van der Waals surface area contributed by atoms with Crippen LogP contribution in [0.1, 0.15) is 10.4 Å². The van der Waals surface area contributed by atoms with Crippen LogP contribution in [0.2, 0.25) is 5.02 Å². The summed E-state index contributed by atoms with van der Waals surface area (Å²) in [6.07, 6.45) is 0. The molecule has 1 amide bonds. The van der Waals surface area contributed by atoms with Crippen molar-refractivity contribution in [2.75, 3.05) is 18.2 Å². The van der Waals surface area contributed by atoms with Crippen LogP contribution in [0, 0.1) is 0 Å². The van der Waals surface area contributed by atoms with Gasteiger partial charge in [0.15, 0.2) is 5.16 Å². The Balaban J connectivity index is 1.56. The van der Waals surface area contributed by atoms with Gasteiger partial charge in [0, 0.05) is 10.7 Å². The van der Waals surface area contributed by atoms with Crippen LogP contribution in [0.25, 0.3) is 15.9 Å². The molecule has 32 heavy (non-hydrogen) atoms. The summed E-state index contributed by atoms with van der Waals surface area (Å²) in [6, 6.07) is 15.1. The van der Waals surface area contributed by atoms with Gasteiger partial charge in [0.1, 0.15) is 4.70 Å². The number of anilines is 1. The highest BCUT2D eigenvalue weighted by Crippen LogP contribution is 2.25. The van der Waals surface area contributed by atoms with E-state index in [0.717, 1.165) is 11.8 Å². The van der Waals surface area contributed by atoms with Crippen molar-refractivity contribution in [3.05, 3.63) is 80.9 Å². The average molecular weight is 486 g/mol. The standard InChI is InChI=1S/C22H16ClN3O4S2/c1-30-21(29)13-5-7-15(8-6-13)24-18(27)12-32-22-25-17-9-10-31-19(17)20(28)26(22)16-4-2-3-14(23)11-16/h2-11H,12H2,1H3,(H,24,27). The van der Waals surface area contributed by atoms with E-state index in [9.17, 15) is 14.4 Å². The number of hydrogen-bond donors (Lipinski definition) is 1. The molecule has 4 aromatic rings. The molecule has 0 aliphatic heterocycles. The number of amides is 1. The number of aromatic nitrogens is 2. The number of benzene rings is 2. The van der Waals surface area contributed by atoms with Crippen LogP contribution < -0.4 is 10.9 Å². The first kappa shape index (κ1) is 22.1. The van der Waals surface area contributed by atoms with E-state index in [2.05, 4.69) is 15.0 Å². The van der Waals surface area contributed by atoms with Crippen LogP contribution in [0.5, 0.6) is 0 Å². The van der Waals surface area contributed by atoms with E-state index < -0.39 is 5.97 Å². The van der Waals surface area contributed by atoms with Gasteiger partial charge in [0.2, 0.25) is 5.91 Å². The number of fused-ring (bicyclic) bond motifs is 1. The lowest BCUT2D eigenvalue weighted by molar-refractivity contribution is -0.113. The minimum Gasteiger partial charge on any atom is -0.465 e. The fraction of sp³-hybridized carbons (Fsp3) is 0.0909. The number of nitrogens with zero attached hydrogens (tertiary/aromatic N) is 2. The van der Waals surface area contributed by atoms with E-state index in [0.29, 0.717) is 37.3 Å². The van der Waals surface area contributed by atoms with Crippen LogP contribution in [0.15, 0.2) is 69.9 Å². The Kier molecular flexibility index (Phi) is 6.59. The maximum Gasteiger partial charge on any atom is 0.337 e. The molecule has 4 rings (SSSR count). The first-order chi connectivity index (χ1) is 15.5. The second-order valence-corrected chi connectivity index (χ2v) is 8.85. The lowest BCUT2D eigenvalue weighted by Crippen LogP contribution is -2.22. The van der Waals surface area contributed by atoms with Crippen LogP contribution in [-0.4, -0.2) is 34.3 Å². The topological polar surface area (TPSA) is 90.3 Å². The predicted octanol–water partition coefficient (Wildman–Crippen LogP) is 4.62. The lowest BCUT2D eigenvalue weighted by Gasteiger charge is -2.12. The summed E-state index contributed by atoms with van der Waals surface area (Å²) in [5, 5.41) is 5.45. The minimum atomic E-state index is -0.452. The molecule has 7 nitrogen and oxygen atoms in total. The molecule has 0 fully saturated rings. The summed E-state index contributed by atoms with van der Waals surface area (Å²) >= 11 is 8.58. The van der Waals surface area contributed by atoms with Gasteiger partial charge in [-0.15, -0.1) is 11.3 Å². The molecule has 2 heterocycles. The molecular weight excluding hydrogens is 470 g/mol. The highest BCUT2D eigenvalue weighted by Gasteiger charge is 2.16. The molecule has 162 valence electrons. The third kappa shape index (κ3) is 4.69. The van der Waals surface area contributed by atoms with Crippen LogP contribution in [0.4, 0.5) is 5.69 Å². The van der Waals surface area contributed by atoms with E-state index in [1.165, 1.54) is 23.0 Å². The molecule has 2 aromatic carbocycles. The van der Waals surface area contributed by atoms with E-state index in [1.54, 1.807) is 60.0 Å². The smallest absolute Gasteiger partial charge is 0.337 e. The number of methoxy groups -OCH3 is 1. The zero-order chi connectivity index (χ0) is 22.7. The second-order valence-electron chi connectivity index (χ2n) is 6.56. The number of esters is 1. The number of carbonyl (C=O) groups excluding carboxylic acids is 2. The van der Waals surface area contributed by atoms with Crippen molar-refractivity contribution >= 4 is 62.5 Å². The Hall–Kier alpha value is -3.14. The number of halogens is 1. The Morgan fingerprint density at radius 3 is 2.69 bits per heavy atom. The molecule has 0 radical (unpaired) electrons. The number of rotatable bonds is 6. The van der Waals surface area contributed by atoms with Gasteiger partial charge in [0.05, 0.1) is 29.6 Å². The summed E-state index contributed by atoms with van der Waals surface area (Å²) in [5.41, 5.74) is 1.87. The van der Waals surface area contributed by atoms with Crippen molar-refractivity contribution in [2.24, 2.45) is 0 Å². The van der Waals surface area contributed by atoms with Crippen molar-refractivity contribution in [1.82, 2.24) is 9.55 Å². The van der Waals surface area contributed by atoms with Crippen molar-refractivity contribution < 1.29 is 14.3 Å². The van der Waals surface area contributed by atoms with E-state index in [-0.39, 0.29) is 17.2 Å². The normalized spacial score (nSPS) is 10.8. The first-order valence-electron chi connectivity index (χ1n) is 9.33. The van der Waals surface area contributed by atoms with E-state index in [4.69, 9.17) is 11.6 Å². The molecular formula is C22H16ClN3O4S2. The molecule has 2 aromatic heterocycles. The van der Waals surface area contributed by atoms with Crippen molar-refractivity contribution in [2.45, 2.75) is 5.16 Å². The van der Waals surface area contributed by atoms with Crippen LogP contribution >= 0.6 is 34.7 Å². The zero-order valence-corrected chi connectivity index (χ0v) is 19.1. The number of thioether (sulfide) groups is 1. The highest BCUT2D eigenvalue weighted by atomic mass is 35.5. The number of thiophene rings is 1. The quantitative estimate of drug-likeness (QED) is 0.243. The van der Waals surface area contributed by atoms with Gasteiger partial charge in [-0.25, -0.2) is 9.78 Å². The molecule has 0 bridgehead atoms. The number of hydrogen-bond acceptors (Lipinski definition) is 7. The van der Waals surface area contributed by atoms with Crippen LogP contribution in [-0.2, 0) is 9.53 Å². The molecule has 0 aliphatic rings. The third-order valence-electron chi connectivity index (χ3n) is 4.44. The van der Waals surface area contributed by atoms with Gasteiger partial charge in [-0.1, -0.05) is 29.4 Å². The van der Waals surface area contributed by atoms with Crippen molar-refractivity contribution in [1.29, 1.82) is 0 Å². The Bertz CT molecular complexity index is 1370. The number of nitrogens with one attached hydrogen (secondary N) is 1. The molecule has 0 saturated carbocycles. The summed E-state index contributed by atoms with van der Waals surface area (Å²) in [7, 11) is 1.31. The molecule has 10 heteroatoms. The van der Waals surface area contributed by atoms with Gasteiger partial charge in [-0.2, -0.15) is 0 Å². The number of ether oxygens (including phenoxy) is 1. The predicted molar refractivity (Wildman–Crippen MR) is 127 cm³/mol. The third-order valence-corrected chi connectivity index (χ3v) is 6.50. The summed E-state index contributed by atoms with van der Waals surface area (Å²) in [5.74, 6) is -0.702. The molecule has 0 spiro atoms. The fourth-order valence-corrected chi connectivity index (χ4v) is 4.72. The van der Waals surface area contributed by atoms with Gasteiger partial charge in [-0.3, -0.25) is 14.2 Å². The molecule has 0 atom stereocenters. The van der Waals surface area contributed by atoms with Gasteiger partial charge >= 0.3 is 5.97 Å². The Morgan fingerprint density at radius 2 is 1.97 bits per heavy atom. The maximum atomic E-state index is 13.1. The Morgan fingerprint density at radius 1 is 1.19 bits per heavy atom. The van der Waals surface area contributed by atoms with Gasteiger partial charge in [0.25, 0.3) is 5.56 Å². The molecule has 0 saturated heterocycles. The largest absolute Gasteiger partial charge is 0.465 e. The fourth-order valence-electron chi connectivity index (χ4n) is 2.97. The summed E-state index contributed by atoms with van der Waals surface area (Å²) in [6.45, 7) is 0. The molecule has 0 unspecified atom stereocenters. The van der Waals surface area contributed by atoms with Gasteiger partial charge < -0.3 is 10.1 Å². The minimum absolute atomic E-state index is 0.0292. The average Bonchev–Trinajstić information content (AvgIpc) is 3.27. The Labute approximate surface area is 196 Å². The monoisotopic (exact) mass is 485 g/mol.